The summed E-state index contributed by atoms with van der Waals surface area (Å²) in [6.07, 6.45) is 84.3. The van der Waals surface area contributed by atoms with Crippen molar-refractivity contribution in [2.45, 2.75) is 316 Å². The van der Waals surface area contributed by atoms with Crippen molar-refractivity contribution in [2.24, 2.45) is 0 Å². The molecule has 0 radical (unpaired) electrons. The zero-order valence-electron chi connectivity index (χ0n) is 63.5. The molecule has 0 rings (SSSR count). The maximum atomic E-state index is 13.1. The molecular weight excluding hydrogens is 1330 g/mol. The van der Waals surface area contributed by atoms with Crippen molar-refractivity contribution in [3.63, 3.8) is 0 Å². The van der Waals surface area contributed by atoms with Gasteiger partial charge in [-0.1, -0.05) is 270 Å². The molecule has 0 amide bonds. The molecule has 582 valence electrons. The highest BCUT2D eigenvalue weighted by Gasteiger charge is 2.30. The number of esters is 4. The van der Waals surface area contributed by atoms with Crippen molar-refractivity contribution in [1.29, 1.82) is 0 Å². The third-order valence-corrected chi connectivity index (χ3v) is 17.7. The summed E-state index contributed by atoms with van der Waals surface area (Å²) in [7, 11) is -10.0. The van der Waals surface area contributed by atoms with Gasteiger partial charge in [-0.05, 0) is 148 Å². The highest BCUT2D eigenvalue weighted by Crippen LogP contribution is 2.45. The Morgan fingerprint density at radius 1 is 0.294 bits per heavy atom. The number of rotatable bonds is 72. The van der Waals surface area contributed by atoms with Crippen molar-refractivity contribution < 1.29 is 80.2 Å². The van der Waals surface area contributed by atoms with Gasteiger partial charge >= 0.3 is 39.5 Å². The third-order valence-electron chi connectivity index (χ3n) is 15.8. The number of ether oxygens (including phenoxy) is 4. The molecule has 19 heteroatoms. The van der Waals surface area contributed by atoms with Gasteiger partial charge in [0.25, 0.3) is 0 Å². The van der Waals surface area contributed by atoms with Gasteiger partial charge in [-0.25, -0.2) is 9.13 Å². The van der Waals surface area contributed by atoms with Gasteiger partial charge in [-0.2, -0.15) is 0 Å². The molecule has 102 heavy (non-hydrogen) atoms. The van der Waals surface area contributed by atoms with Crippen LogP contribution in [0.3, 0.4) is 0 Å². The predicted molar refractivity (Wildman–Crippen MR) is 417 cm³/mol. The maximum absolute atomic E-state index is 13.1. The second-order valence-electron chi connectivity index (χ2n) is 25.5. The number of allylic oxidation sites excluding steroid dienone is 23. The van der Waals surface area contributed by atoms with Crippen LogP contribution in [0.2, 0.25) is 0 Å². The van der Waals surface area contributed by atoms with E-state index in [9.17, 15) is 43.2 Å². The van der Waals surface area contributed by atoms with Crippen molar-refractivity contribution in [1.82, 2.24) is 0 Å². The Hall–Kier alpha value is -5.06. The van der Waals surface area contributed by atoms with Gasteiger partial charge in [0.05, 0.1) is 32.8 Å². The number of phosphoric ester groups is 2. The van der Waals surface area contributed by atoms with Crippen LogP contribution in [-0.4, -0.2) is 96.7 Å². The first-order valence-electron chi connectivity index (χ1n) is 39.1. The van der Waals surface area contributed by atoms with Crippen LogP contribution in [0.1, 0.15) is 297 Å². The molecule has 0 spiro atoms. The lowest BCUT2D eigenvalue weighted by Gasteiger charge is -2.21. The summed E-state index contributed by atoms with van der Waals surface area (Å²) >= 11 is 0. The average Bonchev–Trinajstić information content (AvgIpc) is 0.907. The lowest BCUT2D eigenvalue weighted by Crippen LogP contribution is -2.30. The number of hydrogen-bond acceptors (Lipinski definition) is 15. The molecular formula is C83H138O17P2. The van der Waals surface area contributed by atoms with Gasteiger partial charge in [0.2, 0.25) is 0 Å². The Labute approximate surface area is 617 Å². The molecule has 0 bridgehead atoms. The number of aliphatic hydroxyl groups excluding tert-OH is 1. The number of unbranched alkanes of at least 4 members (excludes halogenated alkanes) is 23. The first-order valence-corrected chi connectivity index (χ1v) is 42.1. The van der Waals surface area contributed by atoms with E-state index in [1.54, 1.807) is 12.2 Å². The van der Waals surface area contributed by atoms with Crippen molar-refractivity contribution in [3.05, 3.63) is 146 Å². The highest BCUT2D eigenvalue weighted by molar-refractivity contribution is 7.47. The van der Waals surface area contributed by atoms with Crippen LogP contribution < -0.4 is 0 Å². The molecule has 0 saturated heterocycles. The van der Waals surface area contributed by atoms with E-state index in [4.69, 9.17) is 37.0 Å². The monoisotopic (exact) mass is 1470 g/mol. The molecule has 0 aliphatic heterocycles. The Kier molecular flexibility index (Phi) is 70.5. The number of aliphatic hydroxyl groups is 1. The summed E-state index contributed by atoms with van der Waals surface area (Å²) in [5.41, 5.74) is 0. The first-order chi connectivity index (χ1) is 49.7. The van der Waals surface area contributed by atoms with Gasteiger partial charge in [0.15, 0.2) is 12.2 Å². The highest BCUT2D eigenvalue weighted by atomic mass is 31.2. The van der Waals surface area contributed by atoms with E-state index in [1.165, 1.54) is 44.9 Å². The molecule has 5 unspecified atom stereocenters. The minimum absolute atomic E-state index is 0.0763. The van der Waals surface area contributed by atoms with Crippen LogP contribution in [0.15, 0.2) is 146 Å². The number of carbonyl (C=O) groups excluding carboxylic acids is 4. The second kappa shape index (κ2) is 74.2. The van der Waals surface area contributed by atoms with E-state index < -0.39 is 97.5 Å². The molecule has 0 aliphatic rings. The molecule has 5 atom stereocenters. The fraction of sp³-hybridized carbons (Fsp3) is 0.663. The second-order valence-corrected chi connectivity index (χ2v) is 28.5. The fourth-order valence-corrected chi connectivity index (χ4v) is 11.5. The summed E-state index contributed by atoms with van der Waals surface area (Å²) < 4.78 is 68.4. The standard InChI is InChI=1S/C83H138O17P2/c1-5-9-13-17-21-25-29-33-36-37-38-39-42-45-48-52-56-60-64-68-81(86)94-74-79(100-83(88)70-66-62-58-54-50-46-41-35-31-27-23-19-15-11-7-3)76-98-102(91,92)96-72-77(84)71-95-101(89,90)97-75-78(99-82(87)69-65-61-57-53-49-43-32-28-24-20-16-12-8-4)73-93-80(85)67-63-59-55-51-47-44-40-34-30-26-22-18-14-10-6-2/h9,11,13,15,21-23,25-28,32-36,38-41,50,54,62,66,77-79,84H,5-8,10,12,14,16-20,24,29-31,37,42-49,51-53,55-61,63-65,67-76H2,1-4H3,(H,89,90)(H,91,92)/b13-9-,15-11-,25-21-,26-22-,27-23-,32-28-,36-33-,39-38-,40-34-,41-35-,54-50-,66-62-. The van der Waals surface area contributed by atoms with E-state index in [2.05, 4.69) is 149 Å². The first kappa shape index (κ1) is 96.9. The molecule has 0 aromatic carbocycles. The smallest absolute Gasteiger partial charge is 0.462 e. The fourth-order valence-electron chi connectivity index (χ4n) is 9.90. The van der Waals surface area contributed by atoms with Crippen molar-refractivity contribution in [3.8, 4) is 0 Å². The Bertz CT molecular complexity index is 2510. The van der Waals surface area contributed by atoms with E-state index in [0.717, 1.165) is 173 Å². The summed E-state index contributed by atoms with van der Waals surface area (Å²) in [5, 5.41) is 10.6. The minimum atomic E-state index is -5.01. The number of phosphoric acid groups is 2. The number of hydrogen-bond donors (Lipinski definition) is 3. The van der Waals surface area contributed by atoms with Gasteiger partial charge < -0.3 is 33.8 Å². The average molecular weight is 1470 g/mol. The molecule has 0 saturated carbocycles. The maximum Gasteiger partial charge on any atom is 0.472 e. The van der Waals surface area contributed by atoms with Crippen molar-refractivity contribution in [2.75, 3.05) is 39.6 Å². The van der Waals surface area contributed by atoms with Crippen molar-refractivity contribution >= 4 is 39.5 Å². The Morgan fingerprint density at radius 2 is 0.549 bits per heavy atom. The lowest BCUT2D eigenvalue weighted by molar-refractivity contribution is -0.161. The largest absolute Gasteiger partial charge is 0.472 e. The molecule has 0 aromatic rings. The molecule has 0 fully saturated rings. The van der Waals surface area contributed by atoms with Crippen LogP contribution in [0, 0.1) is 0 Å². The lowest BCUT2D eigenvalue weighted by atomic mass is 10.1. The molecule has 0 aromatic heterocycles. The zero-order chi connectivity index (χ0) is 74.6. The topological polar surface area (TPSA) is 237 Å². The summed E-state index contributed by atoms with van der Waals surface area (Å²) in [6.45, 7) is 4.44. The molecule has 17 nitrogen and oxygen atoms in total. The van der Waals surface area contributed by atoms with E-state index in [1.807, 2.05) is 12.2 Å². The van der Waals surface area contributed by atoms with Crippen LogP contribution in [0.25, 0.3) is 0 Å². The normalized spacial score (nSPS) is 14.7. The third kappa shape index (κ3) is 73.3. The van der Waals surface area contributed by atoms with Crippen LogP contribution >= 0.6 is 15.6 Å². The van der Waals surface area contributed by atoms with Gasteiger partial charge in [0, 0.05) is 19.3 Å². The minimum Gasteiger partial charge on any atom is -0.462 e. The van der Waals surface area contributed by atoms with E-state index >= 15 is 0 Å². The predicted octanol–water partition coefficient (Wildman–Crippen LogP) is 22.7. The molecule has 3 N–H and O–H groups in total. The van der Waals surface area contributed by atoms with E-state index in [-0.39, 0.29) is 25.7 Å². The summed E-state index contributed by atoms with van der Waals surface area (Å²) in [5.74, 6) is -2.37. The van der Waals surface area contributed by atoms with Crippen LogP contribution in [0.4, 0.5) is 0 Å². The summed E-state index contributed by atoms with van der Waals surface area (Å²) in [6, 6.07) is 0. The molecule has 0 heterocycles. The Morgan fingerprint density at radius 3 is 0.902 bits per heavy atom. The van der Waals surface area contributed by atoms with Gasteiger partial charge in [0.1, 0.15) is 19.3 Å². The number of carbonyl (C=O) groups is 4. The van der Waals surface area contributed by atoms with Gasteiger partial charge in [-0.3, -0.25) is 37.3 Å². The molecule has 0 aliphatic carbocycles. The SMILES string of the molecule is CC/C=C\C/C=C\C/C=C\C/C=C\C/C=C\CC(=O)OC(COC(=O)CCCCCCCC/C=C\C/C=C\C/C=C\C/C=C\CC)COP(=O)(O)OCC(O)COP(=O)(O)OCC(COC(=O)CCCCCCC/C=C\C/C=C\CCCCC)OC(=O)CCCCCCC/C=C\CCCCCC. The Balaban J connectivity index is 5.44. The van der Waals surface area contributed by atoms with Crippen LogP contribution in [0.5, 0.6) is 0 Å². The summed E-state index contributed by atoms with van der Waals surface area (Å²) in [4.78, 5) is 72.9. The van der Waals surface area contributed by atoms with Crippen LogP contribution in [-0.2, 0) is 65.4 Å². The van der Waals surface area contributed by atoms with E-state index in [0.29, 0.717) is 25.7 Å². The van der Waals surface area contributed by atoms with Gasteiger partial charge in [-0.15, -0.1) is 0 Å². The quantitative estimate of drug-likeness (QED) is 0.0169. The zero-order valence-corrected chi connectivity index (χ0v) is 65.3.